The Balaban J connectivity index is 2.10. The first kappa shape index (κ1) is 21.9. The van der Waals surface area contributed by atoms with Crippen molar-refractivity contribution in [2.75, 3.05) is 20.0 Å². The van der Waals surface area contributed by atoms with Gasteiger partial charge in [-0.15, -0.1) is 0 Å². The lowest BCUT2D eigenvalue weighted by molar-refractivity contribution is -0.145. The van der Waals surface area contributed by atoms with Crippen molar-refractivity contribution in [2.24, 2.45) is 5.92 Å². The van der Waals surface area contributed by atoms with Crippen LogP contribution in [-0.2, 0) is 20.7 Å². The molecule has 1 aromatic carbocycles. The predicted molar refractivity (Wildman–Crippen MR) is 107 cm³/mol. The molecule has 7 heteroatoms. The van der Waals surface area contributed by atoms with Crippen LogP contribution in [0.2, 0.25) is 0 Å². The Hall–Kier alpha value is -1.36. The van der Waals surface area contributed by atoms with E-state index in [1.807, 2.05) is 26.0 Å². The summed E-state index contributed by atoms with van der Waals surface area (Å²) in [5.41, 5.74) is 1.82. The second-order valence-electron chi connectivity index (χ2n) is 7.58. The number of hydrogen-bond acceptors (Lipinski definition) is 6. The van der Waals surface area contributed by atoms with Crippen molar-refractivity contribution in [3.05, 3.63) is 23.3 Å². The molecule has 1 aliphatic rings. The van der Waals surface area contributed by atoms with Crippen LogP contribution in [0.15, 0.2) is 12.1 Å². The third kappa shape index (κ3) is 7.28. The van der Waals surface area contributed by atoms with Crippen molar-refractivity contribution in [1.82, 2.24) is 5.09 Å². The van der Waals surface area contributed by atoms with E-state index < -0.39 is 8.30 Å². The zero-order chi connectivity index (χ0) is 20.0. The lowest BCUT2D eigenvalue weighted by atomic mass is 9.96. The standard InChI is InChI=1S/C20H32NO5P/c1-13(2)18-10-17(9-16(20(18)23)8-15-6-7-15)26-27(12-24-5)21-11-19(22)25-14(3)4/h9-10,13-15,21,23H,6-8,11-12H2,1-5H3. The van der Waals surface area contributed by atoms with E-state index in [0.717, 1.165) is 17.5 Å². The van der Waals surface area contributed by atoms with Gasteiger partial charge in [-0.2, -0.15) is 0 Å². The zero-order valence-corrected chi connectivity index (χ0v) is 17.8. The molecule has 0 aliphatic heterocycles. The van der Waals surface area contributed by atoms with Gasteiger partial charge in [-0.05, 0) is 62.6 Å². The van der Waals surface area contributed by atoms with Crippen LogP contribution in [0.4, 0.5) is 0 Å². The molecular formula is C20H32NO5P. The Bertz CT molecular complexity index is 631. The lowest BCUT2D eigenvalue weighted by Crippen LogP contribution is -2.25. The molecule has 0 amide bonds. The molecule has 0 spiro atoms. The SMILES string of the molecule is COCP(NCC(=O)OC(C)C)Oc1cc(CC2CC2)c(O)c(C(C)C)c1. The van der Waals surface area contributed by atoms with Gasteiger partial charge in [-0.25, -0.2) is 0 Å². The minimum atomic E-state index is -1.21. The van der Waals surface area contributed by atoms with Gasteiger partial charge in [0.05, 0.1) is 6.10 Å². The molecule has 2 N–H and O–H groups in total. The van der Waals surface area contributed by atoms with E-state index in [1.54, 1.807) is 7.11 Å². The number of esters is 1. The second-order valence-corrected chi connectivity index (χ2v) is 9.10. The highest BCUT2D eigenvalue weighted by Gasteiger charge is 2.25. The van der Waals surface area contributed by atoms with E-state index in [1.165, 1.54) is 12.8 Å². The first-order valence-electron chi connectivity index (χ1n) is 9.53. The first-order valence-corrected chi connectivity index (χ1v) is 11.0. The smallest absolute Gasteiger partial charge is 0.320 e. The highest BCUT2D eigenvalue weighted by molar-refractivity contribution is 7.50. The number of carbonyl (C=O) groups is 1. The minimum absolute atomic E-state index is 0.0668. The fourth-order valence-corrected chi connectivity index (χ4v) is 3.88. The molecule has 0 heterocycles. The summed E-state index contributed by atoms with van der Waals surface area (Å²) in [4.78, 5) is 11.8. The molecule has 0 radical (unpaired) electrons. The van der Waals surface area contributed by atoms with Crippen LogP contribution in [0.5, 0.6) is 11.5 Å². The zero-order valence-electron chi connectivity index (χ0n) is 16.9. The van der Waals surface area contributed by atoms with E-state index in [2.05, 4.69) is 18.9 Å². The third-order valence-corrected chi connectivity index (χ3v) is 5.68. The van der Waals surface area contributed by atoms with E-state index in [-0.39, 0.29) is 24.5 Å². The van der Waals surface area contributed by atoms with Crippen LogP contribution in [-0.4, -0.2) is 37.2 Å². The van der Waals surface area contributed by atoms with E-state index >= 15 is 0 Å². The first-order chi connectivity index (χ1) is 12.8. The summed E-state index contributed by atoms with van der Waals surface area (Å²) in [5.74, 6) is 1.61. The van der Waals surface area contributed by atoms with Gasteiger partial charge >= 0.3 is 5.97 Å². The number of methoxy groups -OCH3 is 1. The number of phenolic OH excluding ortho intramolecular Hbond substituents is 1. The predicted octanol–water partition coefficient (Wildman–Crippen LogP) is 4.30. The average Bonchev–Trinajstić information content (AvgIpc) is 3.38. The summed E-state index contributed by atoms with van der Waals surface area (Å²) in [7, 11) is 0.391. The lowest BCUT2D eigenvalue weighted by Gasteiger charge is -2.21. The van der Waals surface area contributed by atoms with E-state index in [0.29, 0.717) is 23.8 Å². The van der Waals surface area contributed by atoms with Crippen molar-refractivity contribution in [2.45, 2.75) is 59.0 Å². The molecule has 6 nitrogen and oxygen atoms in total. The number of rotatable bonds is 11. The summed E-state index contributed by atoms with van der Waals surface area (Å²) < 4.78 is 16.5. The summed E-state index contributed by atoms with van der Waals surface area (Å²) in [6.07, 6.45) is 3.51. The van der Waals surface area contributed by atoms with Gasteiger partial charge in [0.25, 0.3) is 0 Å². The monoisotopic (exact) mass is 397 g/mol. The number of aromatic hydroxyl groups is 1. The Morgan fingerprint density at radius 1 is 1.30 bits per heavy atom. The largest absolute Gasteiger partial charge is 0.507 e. The van der Waals surface area contributed by atoms with Crippen LogP contribution in [0.1, 0.15) is 57.6 Å². The van der Waals surface area contributed by atoms with Gasteiger partial charge in [-0.1, -0.05) is 13.8 Å². The highest BCUT2D eigenvalue weighted by atomic mass is 31.2. The van der Waals surface area contributed by atoms with Gasteiger partial charge in [0.1, 0.15) is 24.4 Å². The molecular weight excluding hydrogens is 365 g/mol. The van der Waals surface area contributed by atoms with Crippen LogP contribution in [0, 0.1) is 5.92 Å². The molecule has 1 unspecified atom stereocenters. The average molecular weight is 397 g/mol. The fourth-order valence-electron chi connectivity index (χ4n) is 2.78. The Morgan fingerprint density at radius 2 is 2.00 bits per heavy atom. The maximum absolute atomic E-state index is 11.8. The van der Waals surface area contributed by atoms with Gasteiger partial charge in [0, 0.05) is 12.7 Å². The van der Waals surface area contributed by atoms with Crippen LogP contribution < -0.4 is 9.61 Å². The van der Waals surface area contributed by atoms with Gasteiger partial charge < -0.3 is 19.1 Å². The van der Waals surface area contributed by atoms with E-state index in [4.69, 9.17) is 14.0 Å². The molecule has 1 aliphatic carbocycles. The van der Waals surface area contributed by atoms with Crippen molar-refractivity contribution in [3.63, 3.8) is 0 Å². The summed E-state index contributed by atoms with van der Waals surface area (Å²) >= 11 is 0. The van der Waals surface area contributed by atoms with Crippen molar-refractivity contribution in [3.8, 4) is 11.5 Å². The maximum Gasteiger partial charge on any atom is 0.320 e. The van der Waals surface area contributed by atoms with Gasteiger partial charge in [-0.3, -0.25) is 9.88 Å². The summed E-state index contributed by atoms with van der Waals surface area (Å²) in [6, 6.07) is 3.80. The van der Waals surface area contributed by atoms with Gasteiger partial charge in [0.2, 0.25) is 0 Å². The normalized spacial score (nSPS) is 15.2. The number of ether oxygens (including phenoxy) is 2. The van der Waals surface area contributed by atoms with Crippen molar-refractivity contribution in [1.29, 1.82) is 0 Å². The molecule has 0 aromatic heterocycles. The molecule has 27 heavy (non-hydrogen) atoms. The molecule has 0 bridgehead atoms. The molecule has 1 fully saturated rings. The Kier molecular flexibility index (Phi) is 8.33. The highest BCUT2D eigenvalue weighted by Crippen LogP contribution is 2.42. The summed E-state index contributed by atoms with van der Waals surface area (Å²) in [6.45, 7) is 7.81. The number of hydrogen-bond donors (Lipinski definition) is 2. The van der Waals surface area contributed by atoms with Crippen molar-refractivity contribution < 1.29 is 23.9 Å². The molecule has 1 aromatic rings. The summed E-state index contributed by atoms with van der Waals surface area (Å²) in [5, 5.41) is 13.7. The number of nitrogens with one attached hydrogen (secondary N) is 1. The minimum Gasteiger partial charge on any atom is -0.507 e. The third-order valence-electron chi connectivity index (χ3n) is 4.25. The van der Waals surface area contributed by atoms with Crippen LogP contribution >= 0.6 is 8.30 Å². The fraction of sp³-hybridized carbons (Fsp3) is 0.650. The topological polar surface area (TPSA) is 77.0 Å². The maximum atomic E-state index is 11.8. The number of benzene rings is 1. The number of phenols is 1. The van der Waals surface area contributed by atoms with Crippen LogP contribution in [0.3, 0.4) is 0 Å². The number of carbonyl (C=O) groups excluding carboxylic acids is 1. The quantitative estimate of drug-likeness (QED) is 0.428. The molecule has 1 atom stereocenters. The second kappa shape index (κ2) is 10.3. The molecule has 1 saturated carbocycles. The molecule has 152 valence electrons. The Morgan fingerprint density at radius 3 is 2.56 bits per heavy atom. The van der Waals surface area contributed by atoms with Crippen LogP contribution in [0.25, 0.3) is 0 Å². The van der Waals surface area contributed by atoms with Crippen molar-refractivity contribution >= 4 is 14.3 Å². The molecule has 2 rings (SSSR count). The van der Waals surface area contributed by atoms with Gasteiger partial charge in [0.15, 0.2) is 8.30 Å². The molecule has 0 saturated heterocycles. The Labute approximate surface area is 163 Å². The van der Waals surface area contributed by atoms with E-state index in [9.17, 15) is 9.90 Å².